The van der Waals surface area contributed by atoms with Crippen LogP contribution in [0, 0.1) is 34.6 Å². The Bertz CT molecular complexity index is 989. The number of likely N-dealkylation sites (N-methyl/N-ethyl adjacent to an activating group) is 1. The fourth-order valence-electron chi connectivity index (χ4n) is 4.45. The molecule has 2 nitrogen and oxygen atoms in total. The Kier molecular flexibility index (Phi) is 5.86. The van der Waals surface area contributed by atoms with Crippen LogP contribution >= 0.6 is 11.3 Å². The third-order valence-corrected chi connectivity index (χ3v) is 7.64. The molecule has 2 aliphatic rings. The van der Waals surface area contributed by atoms with E-state index in [-0.39, 0.29) is 0 Å². The van der Waals surface area contributed by atoms with Crippen LogP contribution in [0.25, 0.3) is 0 Å². The third kappa shape index (κ3) is 3.45. The van der Waals surface area contributed by atoms with Crippen LogP contribution in [0.3, 0.4) is 0 Å². The summed E-state index contributed by atoms with van der Waals surface area (Å²) in [5.74, 6) is 0. The molecule has 0 aliphatic carbocycles. The van der Waals surface area contributed by atoms with Crippen molar-refractivity contribution in [1.82, 2.24) is 0 Å². The summed E-state index contributed by atoms with van der Waals surface area (Å²) in [4.78, 5) is 5.27. The van der Waals surface area contributed by atoms with Gasteiger partial charge in [0, 0.05) is 47.0 Å². The van der Waals surface area contributed by atoms with Gasteiger partial charge < -0.3 is 4.90 Å². The minimum atomic E-state index is 1.12. The van der Waals surface area contributed by atoms with Crippen LogP contribution in [0.4, 0.5) is 11.4 Å². The highest BCUT2D eigenvalue weighted by atomic mass is 32.1. The van der Waals surface area contributed by atoms with E-state index in [2.05, 4.69) is 84.2 Å². The first-order valence-electron chi connectivity index (χ1n) is 10.3. The van der Waals surface area contributed by atoms with Gasteiger partial charge in [-0.25, -0.2) is 4.58 Å². The largest absolute Gasteiger partial charge is 0.347 e. The summed E-state index contributed by atoms with van der Waals surface area (Å²) in [6.45, 7) is 15.6. The zero-order valence-corrected chi connectivity index (χ0v) is 19.9. The predicted octanol–water partition coefficient (Wildman–Crippen LogP) is 6.55. The standard InChI is InChI=1S/C14H20N.C11H15NS/c1-8-7-13-11(4)9(2)10(3)12(5)14(13)15(8)6;1-4-5-9-7-11-10(12(9)3)6-8(2)13-11/h7H2,1-6H3;5-6H,4,7H2,1-3H3/q+1;/b;9-5+. The average Bonchev–Trinajstić information content (AvgIpc) is 3.26. The van der Waals surface area contributed by atoms with Crippen LogP contribution in [0.1, 0.15) is 57.8 Å². The number of rotatable bonds is 1. The van der Waals surface area contributed by atoms with Crippen LogP contribution in [0.5, 0.6) is 0 Å². The fourth-order valence-corrected chi connectivity index (χ4v) is 5.53. The Morgan fingerprint density at radius 1 is 1.00 bits per heavy atom. The summed E-state index contributed by atoms with van der Waals surface area (Å²) in [6.07, 6.45) is 5.72. The molecular formula is C25H35N2S+. The zero-order chi connectivity index (χ0) is 20.7. The van der Waals surface area contributed by atoms with E-state index in [1.165, 1.54) is 60.4 Å². The maximum absolute atomic E-state index is 2.35. The van der Waals surface area contributed by atoms with E-state index in [0.717, 1.165) is 19.3 Å². The second-order valence-corrected chi connectivity index (χ2v) is 9.64. The normalized spacial score (nSPS) is 16.5. The molecule has 4 rings (SSSR count). The molecule has 0 fully saturated rings. The van der Waals surface area contributed by atoms with Gasteiger partial charge >= 0.3 is 0 Å². The molecule has 2 aromatic rings. The highest BCUT2D eigenvalue weighted by Gasteiger charge is 2.29. The quantitative estimate of drug-likeness (QED) is 0.496. The van der Waals surface area contributed by atoms with E-state index >= 15 is 0 Å². The van der Waals surface area contributed by atoms with Gasteiger partial charge in [-0.15, -0.1) is 11.3 Å². The molecule has 3 heterocycles. The lowest BCUT2D eigenvalue weighted by Crippen LogP contribution is -2.10. The van der Waals surface area contributed by atoms with Gasteiger partial charge in [0.05, 0.1) is 12.1 Å². The van der Waals surface area contributed by atoms with E-state index in [0.29, 0.717) is 0 Å². The van der Waals surface area contributed by atoms with Gasteiger partial charge in [-0.3, -0.25) is 0 Å². The molecular weight excluding hydrogens is 360 g/mol. The van der Waals surface area contributed by atoms with Crippen molar-refractivity contribution in [3.05, 3.63) is 55.4 Å². The van der Waals surface area contributed by atoms with Crippen LogP contribution in [-0.2, 0) is 12.8 Å². The van der Waals surface area contributed by atoms with Crippen molar-refractivity contribution in [2.75, 3.05) is 19.0 Å². The summed E-state index contributed by atoms with van der Waals surface area (Å²) in [5.41, 5.74) is 13.2. The number of hydrogen-bond donors (Lipinski definition) is 0. The molecule has 3 heteroatoms. The van der Waals surface area contributed by atoms with E-state index < -0.39 is 0 Å². The van der Waals surface area contributed by atoms with Crippen molar-refractivity contribution in [1.29, 1.82) is 0 Å². The van der Waals surface area contributed by atoms with Gasteiger partial charge in [-0.1, -0.05) is 13.0 Å². The van der Waals surface area contributed by atoms with Gasteiger partial charge in [0.2, 0.25) is 5.69 Å². The topological polar surface area (TPSA) is 6.25 Å². The summed E-state index contributed by atoms with van der Waals surface area (Å²) in [7, 11) is 4.35. The van der Waals surface area contributed by atoms with Crippen molar-refractivity contribution in [2.45, 2.75) is 67.7 Å². The summed E-state index contributed by atoms with van der Waals surface area (Å²) >= 11 is 1.93. The number of anilines is 1. The molecule has 0 unspecified atom stereocenters. The molecule has 0 saturated heterocycles. The number of allylic oxidation sites excluding steroid dienone is 2. The molecule has 0 N–H and O–H groups in total. The van der Waals surface area contributed by atoms with Gasteiger partial charge in [-0.05, 0) is 63.8 Å². The molecule has 0 amide bonds. The number of aryl methyl sites for hydroxylation is 1. The molecule has 1 aromatic carbocycles. The predicted molar refractivity (Wildman–Crippen MR) is 125 cm³/mol. The van der Waals surface area contributed by atoms with E-state index in [1.807, 2.05) is 11.3 Å². The number of nitrogens with zero attached hydrogens (tertiary/aromatic N) is 2. The first-order chi connectivity index (χ1) is 13.2. The smallest absolute Gasteiger partial charge is 0.212 e. The van der Waals surface area contributed by atoms with Gasteiger partial charge in [-0.2, -0.15) is 0 Å². The first-order valence-corrected chi connectivity index (χ1v) is 11.2. The van der Waals surface area contributed by atoms with Gasteiger partial charge in [0.15, 0.2) is 5.71 Å². The second-order valence-electron chi connectivity index (χ2n) is 8.30. The average molecular weight is 396 g/mol. The molecule has 0 atom stereocenters. The van der Waals surface area contributed by atoms with E-state index in [1.54, 1.807) is 0 Å². The third-order valence-electron chi connectivity index (χ3n) is 6.61. The Morgan fingerprint density at radius 2 is 1.64 bits per heavy atom. The molecule has 28 heavy (non-hydrogen) atoms. The fraction of sp³-hybridized carbons (Fsp3) is 0.480. The maximum atomic E-state index is 2.35. The molecule has 150 valence electrons. The molecule has 0 bridgehead atoms. The van der Waals surface area contributed by atoms with Crippen molar-refractivity contribution < 1.29 is 4.58 Å². The number of benzene rings is 1. The Hall–Kier alpha value is -1.87. The minimum Gasteiger partial charge on any atom is -0.347 e. The van der Waals surface area contributed by atoms with Crippen LogP contribution in [0.2, 0.25) is 0 Å². The summed E-state index contributed by atoms with van der Waals surface area (Å²) < 4.78 is 2.35. The molecule has 0 saturated carbocycles. The van der Waals surface area contributed by atoms with E-state index in [9.17, 15) is 0 Å². The molecule has 0 spiro atoms. The maximum Gasteiger partial charge on any atom is 0.212 e. The molecule has 2 aliphatic heterocycles. The van der Waals surface area contributed by atoms with Gasteiger partial charge in [0.25, 0.3) is 0 Å². The second kappa shape index (κ2) is 7.87. The van der Waals surface area contributed by atoms with Crippen molar-refractivity contribution >= 4 is 28.4 Å². The van der Waals surface area contributed by atoms with Crippen LogP contribution in [-0.4, -0.2) is 24.4 Å². The highest BCUT2D eigenvalue weighted by molar-refractivity contribution is 7.12. The SMILES string of the molecule is CC/C=C1\Cc2sc(C)cc2N1C.CC1=[N+](C)c2c(C)c(C)c(C)c(C)c2C1. The van der Waals surface area contributed by atoms with Gasteiger partial charge in [0.1, 0.15) is 7.05 Å². The summed E-state index contributed by atoms with van der Waals surface area (Å²) in [6, 6.07) is 2.29. The molecule has 0 radical (unpaired) electrons. The lowest BCUT2D eigenvalue weighted by atomic mass is 9.92. The van der Waals surface area contributed by atoms with Crippen molar-refractivity contribution in [3.8, 4) is 0 Å². The lowest BCUT2D eigenvalue weighted by molar-refractivity contribution is -0.402. The monoisotopic (exact) mass is 395 g/mol. The number of fused-ring (bicyclic) bond motifs is 2. The Balaban J connectivity index is 0.000000162. The highest BCUT2D eigenvalue weighted by Crippen LogP contribution is 2.39. The Labute approximate surface area is 175 Å². The summed E-state index contributed by atoms with van der Waals surface area (Å²) in [5, 5.41) is 0. The number of thiophene rings is 1. The van der Waals surface area contributed by atoms with Crippen LogP contribution in [0.15, 0.2) is 17.8 Å². The van der Waals surface area contributed by atoms with Crippen molar-refractivity contribution in [2.24, 2.45) is 0 Å². The molecule has 1 aromatic heterocycles. The zero-order valence-electron chi connectivity index (χ0n) is 19.1. The van der Waals surface area contributed by atoms with E-state index in [4.69, 9.17) is 0 Å². The first kappa shape index (κ1) is 20.9. The van der Waals surface area contributed by atoms with Crippen LogP contribution < -0.4 is 4.90 Å². The lowest BCUT2D eigenvalue weighted by Gasteiger charge is -2.13. The minimum absolute atomic E-state index is 1.12. The van der Waals surface area contributed by atoms with Crippen molar-refractivity contribution in [3.63, 3.8) is 0 Å². The Morgan fingerprint density at radius 3 is 2.25 bits per heavy atom. The number of hydrogen-bond acceptors (Lipinski definition) is 2.